The smallest absolute Gasteiger partial charge is 0.332 e. The number of aliphatic imine (C=N–C) groups is 1. The molecule has 0 bridgehead atoms. The summed E-state index contributed by atoms with van der Waals surface area (Å²) in [5.74, 6) is 0.409. The maximum atomic E-state index is 13.1. The Morgan fingerprint density at radius 3 is 2.47 bits per heavy atom. The van der Waals surface area contributed by atoms with Crippen LogP contribution < -0.4 is 16.3 Å². The Kier molecular flexibility index (Phi) is 5.69. The summed E-state index contributed by atoms with van der Waals surface area (Å²) in [6.45, 7) is 2.49. The van der Waals surface area contributed by atoms with Crippen LogP contribution in [0.25, 0.3) is 0 Å². The number of hydrogen-bond acceptors (Lipinski definition) is 5. The van der Waals surface area contributed by atoms with Gasteiger partial charge in [-0.2, -0.15) is 4.99 Å². The summed E-state index contributed by atoms with van der Waals surface area (Å²) in [4.78, 5) is 34.7. The van der Waals surface area contributed by atoms with Crippen LogP contribution in [0.4, 0.5) is 11.5 Å². The first kappa shape index (κ1) is 19.9. The molecule has 3 heterocycles. The average molecular weight is 405 g/mol. The number of nitrogens with zero attached hydrogens (tertiary/aromatic N) is 4. The molecule has 1 N–H and O–H groups in total. The molecular weight excluding hydrogens is 382 g/mol. The van der Waals surface area contributed by atoms with E-state index in [1.807, 2.05) is 43.3 Å². The molecule has 8 nitrogen and oxygen atoms in total. The monoisotopic (exact) mass is 405 g/mol. The van der Waals surface area contributed by atoms with Gasteiger partial charge in [-0.1, -0.05) is 43.3 Å². The van der Waals surface area contributed by atoms with Crippen molar-refractivity contribution < 1.29 is 5.06 Å². The Morgan fingerprint density at radius 2 is 1.77 bits per heavy atom. The molecule has 1 aliphatic heterocycles. The van der Waals surface area contributed by atoms with Crippen molar-refractivity contribution in [3.05, 3.63) is 92.0 Å². The van der Waals surface area contributed by atoms with Crippen molar-refractivity contribution in [3.63, 3.8) is 0 Å². The van der Waals surface area contributed by atoms with E-state index in [9.17, 15) is 14.8 Å². The fraction of sp³-hybridized carbons (Fsp3) is 0.273. The number of hydrogen-bond donors (Lipinski definition) is 1. The number of nitrogens with one attached hydrogen (secondary N) is 1. The molecule has 0 amide bonds. The number of pyridine rings is 1. The van der Waals surface area contributed by atoms with Crippen molar-refractivity contribution in [2.75, 3.05) is 0 Å². The molecule has 1 aromatic carbocycles. The third kappa shape index (κ3) is 3.74. The Bertz CT molecular complexity index is 1180. The minimum absolute atomic E-state index is 0.0120. The van der Waals surface area contributed by atoms with Crippen LogP contribution >= 0.6 is 0 Å². The summed E-state index contributed by atoms with van der Waals surface area (Å²) in [5.41, 5.74) is 0.754. The van der Waals surface area contributed by atoms with Crippen LogP contribution in [0, 0.1) is 5.21 Å². The van der Waals surface area contributed by atoms with E-state index >= 15 is 0 Å². The highest BCUT2D eigenvalue weighted by Crippen LogP contribution is 2.21. The van der Waals surface area contributed by atoms with Gasteiger partial charge in [0, 0.05) is 19.3 Å². The van der Waals surface area contributed by atoms with E-state index in [1.165, 1.54) is 4.57 Å². The van der Waals surface area contributed by atoms with Gasteiger partial charge in [-0.25, -0.2) is 4.79 Å². The molecule has 1 aliphatic rings. The second kappa shape index (κ2) is 8.56. The molecule has 1 atom stereocenters. The van der Waals surface area contributed by atoms with E-state index in [2.05, 4.69) is 9.98 Å². The van der Waals surface area contributed by atoms with Gasteiger partial charge in [0.1, 0.15) is 0 Å². The topological polar surface area (TPSA) is 96.8 Å². The van der Waals surface area contributed by atoms with Crippen LogP contribution in [-0.4, -0.2) is 20.0 Å². The first-order valence-corrected chi connectivity index (χ1v) is 10.0. The number of rotatable bonds is 7. The summed E-state index contributed by atoms with van der Waals surface area (Å²) in [6, 6.07) is 15.2. The zero-order valence-electron chi connectivity index (χ0n) is 16.7. The maximum Gasteiger partial charge on any atom is 0.332 e. The van der Waals surface area contributed by atoms with Crippen LogP contribution in [0.3, 0.4) is 0 Å². The first-order chi connectivity index (χ1) is 14.6. The Morgan fingerprint density at radius 1 is 1.00 bits per heavy atom. The fourth-order valence-electron chi connectivity index (χ4n) is 3.63. The Hall–Kier alpha value is -3.36. The SMILES string of the molecule is CCCn1c(=O)c2c(n(CCc3ccccc3)c1=O)N=C(Cc1ccccn1)[NH+]2[O-]. The lowest BCUT2D eigenvalue weighted by molar-refractivity contribution is -0.666. The highest BCUT2D eigenvalue weighted by atomic mass is 16.5. The predicted molar refractivity (Wildman–Crippen MR) is 114 cm³/mol. The van der Waals surface area contributed by atoms with E-state index in [1.54, 1.807) is 18.3 Å². The van der Waals surface area contributed by atoms with Crippen molar-refractivity contribution in [3.8, 4) is 0 Å². The van der Waals surface area contributed by atoms with Gasteiger partial charge in [0.05, 0.1) is 12.1 Å². The lowest BCUT2D eigenvalue weighted by Gasteiger charge is -2.18. The molecule has 8 heteroatoms. The van der Waals surface area contributed by atoms with Gasteiger partial charge in [0.2, 0.25) is 17.3 Å². The molecule has 0 saturated heterocycles. The first-order valence-electron chi connectivity index (χ1n) is 10.0. The molecule has 0 radical (unpaired) electrons. The quantitative estimate of drug-likeness (QED) is 0.600. The summed E-state index contributed by atoms with van der Waals surface area (Å²) < 4.78 is 2.61. The van der Waals surface area contributed by atoms with Gasteiger partial charge in [-0.05, 0) is 30.5 Å². The van der Waals surface area contributed by atoms with Crippen molar-refractivity contribution in [1.82, 2.24) is 14.1 Å². The molecule has 154 valence electrons. The molecule has 0 saturated carbocycles. The number of benzene rings is 1. The number of amidine groups is 1. The highest BCUT2D eigenvalue weighted by molar-refractivity contribution is 5.86. The number of aryl methyl sites for hydroxylation is 1. The highest BCUT2D eigenvalue weighted by Gasteiger charge is 2.33. The van der Waals surface area contributed by atoms with Gasteiger partial charge in [-0.3, -0.25) is 24.0 Å². The Labute approximate surface area is 173 Å². The zero-order chi connectivity index (χ0) is 21.1. The number of fused-ring (bicyclic) bond motifs is 1. The van der Waals surface area contributed by atoms with Crippen LogP contribution in [0.1, 0.15) is 24.6 Å². The van der Waals surface area contributed by atoms with Gasteiger partial charge in [-0.15, -0.1) is 0 Å². The standard InChI is InChI=1S/C22H23N5O3/c1-2-13-26-21(28)19-20(24-18(27(19)30)15-17-10-6-7-12-23-17)25(22(26)29)14-11-16-8-4-3-5-9-16/h3-10,12,27H,2,11,13-15H2,1H3. The van der Waals surface area contributed by atoms with Crippen LogP contribution in [0.5, 0.6) is 0 Å². The predicted octanol–water partition coefficient (Wildman–Crippen LogP) is 1.36. The Balaban J connectivity index is 1.76. The van der Waals surface area contributed by atoms with Crippen LogP contribution in [-0.2, 0) is 25.9 Å². The largest absolute Gasteiger partial charge is 0.622 e. The summed E-state index contributed by atoms with van der Waals surface area (Å²) >= 11 is 0. The lowest BCUT2D eigenvalue weighted by Crippen LogP contribution is -3.05. The molecule has 3 aromatic rings. The summed E-state index contributed by atoms with van der Waals surface area (Å²) in [6.07, 6.45) is 3.07. The van der Waals surface area contributed by atoms with Crippen LogP contribution in [0.2, 0.25) is 0 Å². The molecule has 1 unspecified atom stereocenters. The molecule has 2 aromatic heterocycles. The molecule has 0 fully saturated rings. The minimum Gasteiger partial charge on any atom is -0.622 e. The fourth-order valence-corrected chi connectivity index (χ4v) is 3.63. The summed E-state index contributed by atoms with van der Waals surface area (Å²) in [5, 5.41) is 12.6. The van der Waals surface area contributed by atoms with Gasteiger partial charge in [0.25, 0.3) is 0 Å². The van der Waals surface area contributed by atoms with Gasteiger partial charge in [0.15, 0.2) is 0 Å². The summed E-state index contributed by atoms with van der Waals surface area (Å²) in [7, 11) is 0. The second-order valence-electron chi connectivity index (χ2n) is 7.21. The average Bonchev–Trinajstić information content (AvgIpc) is 3.08. The third-order valence-electron chi connectivity index (χ3n) is 5.12. The van der Waals surface area contributed by atoms with E-state index in [-0.39, 0.29) is 30.3 Å². The van der Waals surface area contributed by atoms with Gasteiger partial charge < -0.3 is 5.21 Å². The molecule has 30 heavy (non-hydrogen) atoms. The van der Waals surface area contributed by atoms with E-state index in [0.29, 0.717) is 25.1 Å². The molecule has 0 aliphatic carbocycles. The maximum absolute atomic E-state index is 13.1. The number of hydroxylamine groups is 1. The number of aromatic nitrogens is 3. The second-order valence-corrected chi connectivity index (χ2v) is 7.21. The van der Waals surface area contributed by atoms with E-state index in [4.69, 9.17) is 0 Å². The number of quaternary nitrogens is 1. The molecule has 4 rings (SSSR count). The van der Waals surface area contributed by atoms with Crippen molar-refractivity contribution in [1.29, 1.82) is 0 Å². The molecule has 0 spiro atoms. The van der Waals surface area contributed by atoms with Crippen molar-refractivity contribution in [2.24, 2.45) is 4.99 Å². The molecular formula is C22H23N5O3. The zero-order valence-corrected chi connectivity index (χ0v) is 16.7. The lowest BCUT2D eigenvalue weighted by atomic mass is 10.1. The van der Waals surface area contributed by atoms with Crippen molar-refractivity contribution >= 4 is 17.3 Å². The third-order valence-corrected chi connectivity index (χ3v) is 5.12. The van der Waals surface area contributed by atoms with Crippen molar-refractivity contribution in [2.45, 2.75) is 39.3 Å². The normalized spacial score (nSPS) is 15.1. The minimum atomic E-state index is -0.558. The van der Waals surface area contributed by atoms with Gasteiger partial charge >= 0.3 is 11.2 Å². The van der Waals surface area contributed by atoms with Crippen LogP contribution in [0.15, 0.2) is 69.3 Å². The van der Waals surface area contributed by atoms with E-state index in [0.717, 1.165) is 10.1 Å². The van der Waals surface area contributed by atoms with E-state index < -0.39 is 16.3 Å².